The number of hydrogen-bond donors (Lipinski definition) is 2. The summed E-state index contributed by atoms with van der Waals surface area (Å²) in [4.78, 5) is 14.5. The number of amides is 1. The van der Waals surface area contributed by atoms with Crippen molar-refractivity contribution in [1.29, 1.82) is 5.26 Å². The Morgan fingerprint density at radius 3 is 2.35 bits per heavy atom. The van der Waals surface area contributed by atoms with Gasteiger partial charge in [0, 0.05) is 43.1 Å². The molecule has 1 aliphatic carbocycles. The highest BCUT2D eigenvalue weighted by Crippen LogP contribution is 2.34. The Kier molecular flexibility index (Phi) is 6.74. The molecular formula is C23H25F3N4O. The topological polar surface area (TPSA) is 68.2 Å². The van der Waals surface area contributed by atoms with Crippen LogP contribution in [0.1, 0.15) is 47.2 Å². The molecule has 0 aromatic heterocycles. The van der Waals surface area contributed by atoms with E-state index in [-0.39, 0.29) is 23.6 Å². The van der Waals surface area contributed by atoms with Crippen LogP contribution in [0.5, 0.6) is 0 Å². The van der Waals surface area contributed by atoms with Gasteiger partial charge in [-0.3, -0.25) is 4.79 Å². The van der Waals surface area contributed by atoms with Crippen LogP contribution in [0.2, 0.25) is 0 Å². The maximum absolute atomic E-state index is 13.2. The summed E-state index contributed by atoms with van der Waals surface area (Å²) in [6.07, 6.45) is -1.65. The maximum atomic E-state index is 13.2. The van der Waals surface area contributed by atoms with Crippen LogP contribution in [-0.2, 0) is 6.18 Å². The Hall–Kier alpha value is -3.21. The van der Waals surface area contributed by atoms with Crippen LogP contribution in [-0.4, -0.2) is 32.1 Å². The van der Waals surface area contributed by atoms with Gasteiger partial charge in [-0.05, 0) is 62.1 Å². The first-order chi connectivity index (χ1) is 14.7. The molecule has 0 unspecified atom stereocenters. The van der Waals surface area contributed by atoms with Crippen molar-refractivity contribution in [2.75, 3.05) is 24.3 Å². The number of hydrogen-bond acceptors (Lipinski definition) is 4. The Labute approximate surface area is 179 Å². The molecule has 2 aromatic rings. The summed E-state index contributed by atoms with van der Waals surface area (Å²) in [6, 6.07) is 12.7. The van der Waals surface area contributed by atoms with E-state index >= 15 is 0 Å². The van der Waals surface area contributed by atoms with Gasteiger partial charge in [-0.25, -0.2) is 0 Å². The van der Waals surface area contributed by atoms with Gasteiger partial charge in [0.05, 0.1) is 17.2 Å². The van der Waals surface area contributed by atoms with Gasteiger partial charge in [0.15, 0.2) is 0 Å². The van der Waals surface area contributed by atoms with E-state index in [0.29, 0.717) is 11.3 Å². The van der Waals surface area contributed by atoms with E-state index in [1.165, 1.54) is 12.1 Å². The van der Waals surface area contributed by atoms with Gasteiger partial charge in [0.2, 0.25) is 0 Å². The highest BCUT2D eigenvalue weighted by atomic mass is 19.4. The van der Waals surface area contributed by atoms with Crippen molar-refractivity contribution in [3.63, 3.8) is 0 Å². The molecule has 31 heavy (non-hydrogen) atoms. The minimum absolute atomic E-state index is 0.0132. The molecule has 0 aliphatic heterocycles. The molecular weight excluding hydrogens is 405 g/mol. The molecule has 3 rings (SSSR count). The fraction of sp³-hybridized carbons (Fsp3) is 0.391. The van der Waals surface area contributed by atoms with Gasteiger partial charge < -0.3 is 15.5 Å². The quantitative estimate of drug-likeness (QED) is 0.715. The van der Waals surface area contributed by atoms with E-state index < -0.39 is 11.7 Å². The predicted octanol–water partition coefficient (Wildman–Crippen LogP) is 4.80. The highest BCUT2D eigenvalue weighted by molar-refractivity contribution is 5.95. The molecule has 2 aromatic carbocycles. The zero-order chi connectivity index (χ0) is 22.6. The smallest absolute Gasteiger partial charge is 0.382 e. The minimum Gasteiger partial charge on any atom is -0.382 e. The van der Waals surface area contributed by atoms with E-state index in [4.69, 9.17) is 5.26 Å². The summed E-state index contributed by atoms with van der Waals surface area (Å²) in [5.74, 6) is -0.123. The number of carbonyl (C=O) groups is 1. The second kappa shape index (κ2) is 9.29. The number of anilines is 2. The van der Waals surface area contributed by atoms with Gasteiger partial charge >= 0.3 is 6.18 Å². The average Bonchev–Trinajstić information content (AvgIpc) is 2.74. The minimum atomic E-state index is -4.57. The number of nitrogens with zero attached hydrogens (tertiary/aromatic N) is 2. The van der Waals surface area contributed by atoms with Crippen molar-refractivity contribution in [3.05, 3.63) is 59.2 Å². The second-order valence-corrected chi connectivity index (χ2v) is 7.98. The number of nitrogens with one attached hydrogen (secondary N) is 2. The van der Waals surface area contributed by atoms with Crippen LogP contribution in [0, 0.1) is 11.3 Å². The van der Waals surface area contributed by atoms with Crippen molar-refractivity contribution in [2.24, 2.45) is 0 Å². The molecule has 5 nitrogen and oxygen atoms in total. The van der Waals surface area contributed by atoms with Crippen LogP contribution < -0.4 is 15.5 Å². The molecule has 164 valence electrons. The van der Waals surface area contributed by atoms with E-state index in [0.717, 1.165) is 37.4 Å². The van der Waals surface area contributed by atoms with Crippen LogP contribution in [0.25, 0.3) is 0 Å². The summed E-state index contributed by atoms with van der Waals surface area (Å²) < 4.78 is 39.5. The van der Waals surface area contributed by atoms with Gasteiger partial charge in [-0.2, -0.15) is 18.4 Å². The van der Waals surface area contributed by atoms with Crippen molar-refractivity contribution >= 4 is 17.3 Å². The summed E-state index contributed by atoms with van der Waals surface area (Å²) in [5.41, 5.74) is 0.577. The molecule has 0 saturated heterocycles. The van der Waals surface area contributed by atoms with Crippen LogP contribution >= 0.6 is 0 Å². The maximum Gasteiger partial charge on any atom is 0.417 e. The number of alkyl halides is 3. The van der Waals surface area contributed by atoms with Crippen LogP contribution in [0.4, 0.5) is 24.5 Å². The zero-order valence-corrected chi connectivity index (χ0v) is 17.5. The second-order valence-electron chi connectivity index (χ2n) is 7.98. The third-order valence-electron chi connectivity index (χ3n) is 5.50. The summed E-state index contributed by atoms with van der Waals surface area (Å²) in [6.45, 7) is 0. The Morgan fingerprint density at radius 1 is 1.06 bits per heavy atom. The first kappa shape index (κ1) is 22.5. The molecule has 8 heteroatoms. The third-order valence-corrected chi connectivity index (χ3v) is 5.50. The molecule has 1 fully saturated rings. The van der Waals surface area contributed by atoms with Crippen LogP contribution in [0.3, 0.4) is 0 Å². The molecule has 1 aliphatic rings. The lowest BCUT2D eigenvalue weighted by atomic mass is 9.90. The van der Waals surface area contributed by atoms with Crippen molar-refractivity contribution in [3.8, 4) is 6.07 Å². The predicted molar refractivity (Wildman–Crippen MR) is 114 cm³/mol. The largest absolute Gasteiger partial charge is 0.417 e. The molecule has 0 atom stereocenters. The van der Waals surface area contributed by atoms with E-state index in [1.807, 2.05) is 37.2 Å². The molecule has 0 spiro atoms. The molecule has 0 bridgehead atoms. The van der Waals surface area contributed by atoms with Crippen molar-refractivity contribution < 1.29 is 18.0 Å². The monoisotopic (exact) mass is 430 g/mol. The molecule has 2 N–H and O–H groups in total. The lowest BCUT2D eigenvalue weighted by Crippen LogP contribution is -2.40. The van der Waals surface area contributed by atoms with Crippen LogP contribution in [0.15, 0.2) is 42.5 Å². The Bertz CT molecular complexity index is 974. The Balaban J connectivity index is 1.56. The van der Waals surface area contributed by atoms with E-state index in [9.17, 15) is 18.0 Å². The van der Waals surface area contributed by atoms with Gasteiger partial charge in [0.1, 0.15) is 0 Å². The first-order valence-corrected chi connectivity index (χ1v) is 10.1. The Morgan fingerprint density at radius 2 is 1.74 bits per heavy atom. The summed E-state index contributed by atoms with van der Waals surface area (Å²) >= 11 is 0. The lowest BCUT2D eigenvalue weighted by molar-refractivity contribution is -0.137. The van der Waals surface area contributed by atoms with Crippen molar-refractivity contribution in [1.82, 2.24) is 5.32 Å². The fourth-order valence-corrected chi connectivity index (χ4v) is 3.78. The van der Waals surface area contributed by atoms with E-state index in [1.54, 1.807) is 12.1 Å². The summed E-state index contributed by atoms with van der Waals surface area (Å²) in [7, 11) is 3.83. The van der Waals surface area contributed by atoms with Gasteiger partial charge in [0.25, 0.3) is 5.91 Å². The SMILES string of the molecule is CN(C)c1cccc(C(=O)N[C@H]2CC[C@@H](Nc3ccc(C#N)c(C(F)(F)F)c3)CC2)c1. The number of halogens is 3. The summed E-state index contributed by atoms with van der Waals surface area (Å²) in [5, 5.41) is 15.1. The number of carbonyl (C=O) groups excluding carboxylic acids is 1. The molecule has 1 amide bonds. The normalized spacial score (nSPS) is 18.7. The standard InChI is InChI=1S/C23H25F3N4O/c1-30(2)20-5-3-4-15(12-20)22(31)29-18-10-8-17(9-11-18)28-19-7-6-16(14-27)21(13-19)23(24,25)26/h3-7,12-13,17-18,28H,8-11H2,1-2H3,(H,29,31)/t17-,18+. The number of rotatable bonds is 5. The molecule has 0 radical (unpaired) electrons. The number of benzene rings is 2. The highest BCUT2D eigenvalue weighted by Gasteiger charge is 2.34. The number of nitriles is 1. The zero-order valence-electron chi connectivity index (χ0n) is 17.5. The molecule has 1 saturated carbocycles. The first-order valence-electron chi connectivity index (χ1n) is 10.1. The van der Waals surface area contributed by atoms with Gasteiger partial charge in [-0.15, -0.1) is 0 Å². The van der Waals surface area contributed by atoms with Gasteiger partial charge in [-0.1, -0.05) is 6.07 Å². The van der Waals surface area contributed by atoms with Crippen molar-refractivity contribution in [2.45, 2.75) is 43.9 Å². The fourth-order valence-electron chi connectivity index (χ4n) is 3.78. The van der Waals surface area contributed by atoms with E-state index in [2.05, 4.69) is 10.6 Å². The third kappa shape index (κ3) is 5.69. The average molecular weight is 430 g/mol. The lowest BCUT2D eigenvalue weighted by Gasteiger charge is -2.30. The molecule has 0 heterocycles.